The van der Waals surface area contributed by atoms with Crippen LogP contribution >= 0.6 is 0 Å². The molecule has 0 spiro atoms. The van der Waals surface area contributed by atoms with Gasteiger partial charge in [-0.25, -0.2) is 0 Å². The van der Waals surface area contributed by atoms with Crippen LogP contribution in [0.4, 0.5) is 0 Å². The summed E-state index contributed by atoms with van der Waals surface area (Å²) in [4.78, 5) is 0. The number of methoxy groups -OCH3 is 2. The van der Waals surface area contributed by atoms with Gasteiger partial charge in [-0.1, -0.05) is 0 Å². The fourth-order valence-corrected chi connectivity index (χ4v) is 1.92. The van der Waals surface area contributed by atoms with Gasteiger partial charge >= 0.3 is 0 Å². The number of aryl methyl sites for hydroxylation is 1. The van der Waals surface area contributed by atoms with Gasteiger partial charge in [0.25, 0.3) is 0 Å². The number of aromatic nitrogens is 2. The number of nitrogens with zero attached hydrogens (tertiary/aromatic N) is 2. The average molecular weight is 247 g/mol. The fraction of sp³-hybridized carbons (Fsp3) is 0.308. The maximum Gasteiger partial charge on any atom is 0.161 e. The van der Waals surface area contributed by atoms with E-state index in [0.717, 1.165) is 16.7 Å². The lowest BCUT2D eigenvalue weighted by molar-refractivity contribution is 0.354. The molecule has 0 fully saturated rings. The first-order chi connectivity index (χ1) is 8.69. The summed E-state index contributed by atoms with van der Waals surface area (Å²) in [7, 11) is 5.11. The van der Waals surface area contributed by atoms with E-state index in [4.69, 9.17) is 15.2 Å². The van der Waals surface area contributed by atoms with E-state index < -0.39 is 0 Å². The highest BCUT2D eigenvalue weighted by Crippen LogP contribution is 2.35. The Morgan fingerprint density at radius 1 is 1.22 bits per heavy atom. The van der Waals surface area contributed by atoms with Crippen LogP contribution < -0.4 is 15.2 Å². The van der Waals surface area contributed by atoms with E-state index >= 15 is 0 Å². The van der Waals surface area contributed by atoms with E-state index in [0.29, 0.717) is 18.0 Å². The molecule has 0 saturated heterocycles. The van der Waals surface area contributed by atoms with Gasteiger partial charge in [0.1, 0.15) is 0 Å². The first-order valence-electron chi connectivity index (χ1n) is 5.63. The monoisotopic (exact) mass is 247 g/mol. The molecule has 0 aliphatic carbocycles. The molecule has 96 valence electrons. The quantitative estimate of drug-likeness (QED) is 0.890. The highest BCUT2D eigenvalue weighted by atomic mass is 16.5. The van der Waals surface area contributed by atoms with Crippen LogP contribution in [0.2, 0.25) is 0 Å². The van der Waals surface area contributed by atoms with Crippen molar-refractivity contribution >= 4 is 0 Å². The first-order valence-corrected chi connectivity index (χ1v) is 5.63. The normalized spacial score (nSPS) is 10.4. The molecule has 2 aromatic rings. The summed E-state index contributed by atoms with van der Waals surface area (Å²) in [6.45, 7) is 0.435. The Balaban J connectivity index is 2.58. The molecule has 0 saturated carbocycles. The number of nitrogens with two attached hydrogens (primary N) is 1. The minimum absolute atomic E-state index is 0.435. The Hall–Kier alpha value is -2.01. The average Bonchev–Trinajstić information content (AvgIpc) is 2.83. The Kier molecular flexibility index (Phi) is 3.53. The molecule has 0 aliphatic heterocycles. The lowest BCUT2D eigenvalue weighted by atomic mass is 10.0. The molecule has 0 unspecified atom stereocenters. The predicted molar refractivity (Wildman–Crippen MR) is 69.6 cm³/mol. The maximum absolute atomic E-state index is 5.79. The lowest BCUT2D eigenvalue weighted by Crippen LogP contribution is -2.01. The molecular formula is C13H17N3O2. The molecule has 2 N–H and O–H groups in total. The van der Waals surface area contributed by atoms with Crippen LogP contribution in [0.15, 0.2) is 24.5 Å². The minimum atomic E-state index is 0.435. The van der Waals surface area contributed by atoms with Gasteiger partial charge < -0.3 is 15.2 Å². The zero-order valence-corrected chi connectivity index (χ0v) is 10.8. The van der Waals surface area contributed by atoms with Gasteiger partial charge in [0.05, 0.1) is 20.4 Å². The van der Waals surface area contributed by atoms with E-state index in [-0.39, 0.29) is 0 Å². The summed E-state index contributed by atoms with van der Waals surface area (Å²) in [5, 5.41) is 4.17. The third-order valence-corrected chi connectivity index (χ3v) is 2.85. The molecule has 5 nitrogen and oxygen atoms in total. The number of hydrogen-bond donors (Lipinski definition) is 1. The molecule has 0 bridgehead atoms. The topological polar surface area (TPSA) is 62.3 Å². The fourth-order valence-electron chi connectivity index (χ4n) is 1.92. The van der Waals surface area contributed by atoms with Crippen LogP contribution in [-0.4, -0.2) is 24.0 Å². The maximum atomic E-state index is 5.79. The summed E-state index contributed by atoms with van der Waals surface area (Å²) < 4.78 is 12.3. The molecule has 1 aromatic carbocycles. The van der Waals surface area contributed by atoms with Crippen molar-refractivity contribution in [3.63, 3.8) is 0 Å². The zero-order chi connectivity index (χ0) is 13.1. The predicted octanol–water partition coefficient (Wildman–Crippen LogP) is 1.56. The van der Waals surface area contributed by atoms with Crippen molar-refractivity contribution < 1.29 is 9.47 Å². The van der Waals surface area contributed by atoms with Gasteiger partial charge in [0, 0.05) is 25.4 Å². The Morgan fingerprint density at radius 3 is 2.39 bits per heavy atom. The van der Waals surface area contributed by atoms with Crippen molar-refractivity contribution in [3.8, 4) is 22.6 Å². The van der Waals surface area contributed by atoms with Gasteiger partial charge in [-0.3, -0.25) is 4.68 Å². The van der Waals surface area contributed by atoms with Gasteiger partial charge in [-0.2, -0.15) is 5.10 Å². The molecule has 5 heteroatoms. The second-order valence-electron chi connectivity index (χ2n) is 3.97. The molecule has 0 atom stereocenters. The van der Waals surface area contributed by atoms with Crippen molar-refractivity contribution in [1.29, 1.82) is 0 Å². The van der Waals surface area contributed by atoms with Gasteiger partial charge in [0.2, 0.25) is 0 Å². The first kappa shape index (κ1) is 12.4. The van der Waals surface area contributed by atoms with Crippen molar-refractivity contribution in [2.75, 3.05) is 14.2 Å². The minimum Gasteiger partial charge on any atom is -0.493 e. The van der Waals surface area contributed by atoms with Crippen molar-refractivity contribution in [2.24, 2.45) is 12.8 Å². The second kappa shape index (κ2) is 5.10. The molecule has 2 rings (SSSR count). The third-order valence-electron chi connectivity index (χ3n) is 2.85. The lowest BCUT2D eigenvalue weighted by Gasteiger charge is -2.13. The summed E-state index contributed by atoms with van der Waals surface area (Å²) in [5.41, 5.74) is 8.82. The highest BCUT2D eigenvalue weighted by molar-refractivity contribution is 5.70. The molecular weight excluding hydrogens is 230 g/mol. The van der Waals surface area contributed by atoms with E-state index in [2.05, 4.69) is 5.10 Å². The van der Waals surface area contributed by atoms with Crippen molar-refractivity contribution in [2.45, 2.75) is 6.54 Å². The van der Waals surface area contributed by atoms with Crippen molar-refractivity contribution in [3.05, 3.63) is 30.1 Å². The Bertz CT molecular complexity index is 549. The smallest absolute Gasteiger partial charge is 0.161 e. The molecule has 18 heavy (non-hydrogen) atoms. The van der Waals surface area contributed by atoms with Crippen LogP contribution in [0, 0.1) is 0 Å². The molecule has 0 aliphatic rings. The Labute approximate surface area is 106 Å². The molecule has 1 aromatic heterocycles. The van der Waals surface area contributed by atoms with Crippen LogP contribution in [0.3, 0.4) is 0 Å². The standard InChI is InChI=1S/C13H17N3O2/c1-16-8-10(7-15-16)11-5-13(18-3)12(17-2)4-9(11)6-14/h4-5,7-8H,6,14H2,1-3H3. The molecule has 0 radical (unpaired) electrons. The van der Waals surface area contributed by atoms with Crippen LogP contribution in [0.5, 0.6) is 11.5 Å². The van der Waals surface area contributed by atoms with E-state index in [1.807, 2.05) is 25.4 Å². The number of ether oxygens (including phenoxy) is 2. The summed E-state index contributed by atoms with van der Waals surface area (Å²) in [6, 6.07) is 3.83. The number of rotatable bonds is 4. The molecule has 0 amide bonds. The zero-order valence-electron chi connectivity index (χ0n) is 10.8. The second-order valence-corrected chi connectivity index (χ2v) is 3.97. The van der Waals surface area contributed by atoms with Crippen molar-refractivity contribution in [1.82, 2.24) is 9.78 Å². The number of benzene rings is 1. The highest BCUT2D eigenvalue weighted by Gasteiger charge is 2.12. The van der Waals surface area contributed by atoms with Crippen LogP contribution in [0.25, 0.3) is 11.1 Å². The SMILES string of the molecule is COc1cc(CN)c(-c2cnn(C)c2)cc1OC. The summed E-state index contributed by atoms with van der Waals surface area (Å²) in [5.74, 6) is 1.37. The Morgan fingerprint density at radius 2 is 1.89 bits per heavy atom. The van der Waals surface area contributed by atoms with E-state index in [9.17, 15) is 0 Å². The van der Waals surface area contributed by atoms with Gasteiger partial charge in [0.15, 0.2) is 11.5 Å². The molecule has 1 heterocycles. The van der Waals surface area contributed by atoms with Crippen LogP contribution in [0.1, 0.15) is 5.56 Å². The number of hydrogen-bond acceptors (Lipinski definition) is 4. The third kappa shape index (κ3) is 2.17. The van der Waals surface area contributed by atoms with Gasteiger partial charge in [-0.05, 0) is 23.3 Å². The summed E-state index contributed by atoms with van der Waals surface area (Å²) >= 11 is 0. The van der Waals surface area contributed by atoms with E-state index in [1.165, 1.54) is 0 Å². The largest absolute Gasteiger partial charge is 0.493 e. The summed E-state index contributed by atoms with van der Waals surface area (Å²) in [6.07, 6.45) is 3.75. The van der Waals surface area contributed by atoms with Gasteiger partial charge in [-0.15, -0.1) is 0 Å². The van der Waals surface area contributed by atoms with Crippen LogP contribution in [-0.2, 0) is 13.6 Å². The van der Waals surface area contributed by atoms with E-state index in [1.54, 1.807) is 25.1 Å².